The fourth-order valence-corrected chi connectivity index (χ4v) is 0.812. The highest BCUT2D eigenvalue weighted by atomic mass is 16.5. The van der Waals surface area contributed by atoms with Crippen molar-refractivity contribution in [3.05, 3.63) is 24.4 Å². The Hall–Kier alpha value is -1.09. The minimum Gasteiger partial charge on any atom is -0.478 e. The van der Waals surface area contributed by atoms with Gasteiger partial charge in [-0.1, -0.05) is 6.07 Å². The molecule has 0 aromatic carbocycles. The van der Waals surface area contributed by atoms with Crippen LogP contribution in [0.2, 0.25) is 0 Å². The third-order valence-electron chi connectivity index (χ3n) is 1.38. The van der Waals surface area contributed by atoms with Crippen LogP contribution in [-0.2, 0) is 4.74 Å². The van der Waals surface area contributed by atoms with Gasteiger partial charge in [-0.25, -0.2) is 4.98 Å². The van der Waals surface area contributed by atoms with Crippen LogP contribution in [0.5, 0.6) is 5.88 Å². The predicted octanol–water partition coefficient (Wildman–Crippen LogP) is 1.50. The Kier molecular flexibility index (Phi) is 4.16. The van der Waals surface area contributed by atoms with Crippen molar-refractivity contribution in [3.63, 3.8) is 0 Å². The van der Waals surface area contributed by atoms with Crippen LogP contribution in [0, 0.1) is 0 Å². The first-order valence-electron chi connectivity index (χ1n) is 3.96. The number of hydrogen-bond donors (Lipinski definition) is 0. The number of methoxy groups -OCH3 is 1. The largest absolute Gasteiger partial charge is 0.478 e. The number of pyridine rings is 1. The van der Waals surface area contributed by atoms with Gasteiger partial charge in [0.15, 0.2) is 0 Å². The third kappa shape index (κ3) is 3.34. The maximum absolute atomic E-state index is 5.32. The molecule has 3 heteroatoms. The van der Waals surface area contributed by atoms with E-state index in [4.69, 9.17) is 9.47 Å². The van der Waals surface area contributed by atoms with E-state index < -0.39 is 0 Å². The molecule has 3 nitrogen and oxygen atoms in total. The molecule has 0 atom stereocenters. The molecule has 0 unspecified atom stereocenters. The van der Waals surface area contributed by atoms with Crippen LogP contribution in [0.3, 0.4) is 0 Å². The fraction of sp³-hybridized carbons (Fsp3) is 0.444. The molecule has 1 rings (SSSR count). The minimum atomic E-state index is 0.658. The van der Waals surface area contributed by atoms with Crippen LogP contribution in [0.15, 0.2) is 24.4 Å². The van der Waals surface area contributed by atoms with Crippen LogP contribution in [0.4, 0.5) is 0 Å². The second-order valence-electron chi connectivity index (χ2n) is 2.36. The molecular weight excluding hydrogens is 154 g/mol. The average Bonchev–Trinajstić information content (AvgIpc) is 2.14. The van der Waals surface area contributed by atoms with Crippen LogP contribution in [0.1, 0.15) is 6.42 Å². The molecule has 0 aliphatic rings. The van der Waals surface area contributed by atoms with Crippen molar-refractivity contribution in [2.45, 2.75) is 6.42 Å². The summed E-state index contributed by atoms with van der Waals surface area (Å²) in [6.07, 6.45) is 2.61. The Morgan fingerprint density at radius 1 is 1.33 bits per heavy atom. The molecule has 1 heterocycles. The average molecular weight is 167 g/mol. The van der Waals surface area contributed by atoms with E-state index in [2.05, 4.69) is 4.98 Å². The van der Waals surface area contributed by atoms with Gasteiger partial charge in [-0.2, -0.15) is 0 Å². The molecule has 0 fully saturated rings. The maximum atomic E-state index is 5.32. The van der Waals surface area contributed by atoms with Crippen LogP contribution in [0.25, 0.3) is 0 Å². The molecular formula is C9H13NO2. The van der Waals surface area contributed by atoms with E-state index in [1.807, 2.05) is 18.2 Å². The highest BCUT2D eigenvalue weighted by molar-refractivity contribution is 5.08. The summed E-state index contributed by atoms with van der Waals surface area (Å²) in [4.78, 5) is 4.01. The summed E-state index contributed by atoms with van der Waals surface area (Å²) in [6.45, 7) is 1.39. The van der Waals surface area contributed by atoms with Crippen molar-refractivity contribution < 1.29 is 9.47 Å². The molecule has 0 spiro atoms. The van der Waals surface area contributed by atoms with Gasteiger partial charge in [0, 0.05) is 32.4 Å². The monoisotopic (exact) mass is 167 g/mol. The molecule has 0 saturated carbocycles. The van der Waals surface area contributed by atoms with Gasteiger partial charge in [-0.05, 0) is 6.07 Å². The number of ether oxygens (including phenoxy) is 2. The molecule has 66 valence electrons. The van der Waals surface area contributed by atoms with E-state index in [1.54, 1.807) is 13.3 Å². The quantitative estimate of drug-likeness (QED) is 0.623. The SMILES string of the molecule is COCCCOc1ccccn1. The Morgan fingerprint density at radius 2 is 2.25 bits per heavy atom. The molecule has 0 aliphatic carbocycles. The summed E-state index contributed by atoms with van der Waals surface area (Å²) < 4.78 is 10.2. The molecule has 0 bridgehead atoms. The van der Waals surface area contributed by atoms with E-state index >= 15 is 0 Å². The number of hydrogen-bond acceptors (Lipinski definition) is 3. The second kappa shape index (κ2) is 5.55. The lowest BCUT2D eigenvalue weighted by Crippen LogP contribution is -2.01. The molecule has 0 aliphatic heterocycles. The maximum Gasteiger partial charge on any atom is 0.213 e. The molecule has 0 radical (unpaired) electrons. The van der Waals surface area contributed by atoms with Gasteiger partial charge in [0.1, 0.15) is 0 Å². The summed E-state index contributed by atoms with van der Waals surface area (Å²) in [7, 11) is 1.68. The minimum absolute atomic E-state index is 0.658. The van der Waals surface area contributed by atoms with Gasteiger partial charge in [0.25, 0.3) is 0 Å². The molecule has 1 aromatic rings. The van der Waals surface area contributed by atoms with E-state index in [0.29, 0.717) is 12.5 Å². The lowest BCUT2D eigenvalue weighted by molar-refractivity contribution is 0.170. The highest BCUT2D eigenvalue weighted by Gasteiger charge is 1.91. The topological polar surface area (TPSA) is 31.4 Å². The summed E-state index contributed by atoms with van der Waals surface area (Å²) in [5, 5.41) is 0. The number of aromatic nitrogens is 1. The summed E-state index contributed by atoms with van der Waals surface area (Å²) in [6, 6.07) is 5.60. The van der Waals surface area contributed by atoms with E-state index in [1.165, 1.54) is 0 Å². The van der Waals surface area contributed by atoms with Crippen LogP contribution < -0.4 is 4.74 Å². The Labute approximate surface area is 72.3 Å². The molecule has 12 heavy (non-hydrogen) atoms. The van der Waals surface area contributed by atoms with Crippen LogP contribution >= 0.6 is 0 Å². The first-order valence-corrected chi connectivity index (χ1v) is 3.96. The van der Waals surface area contributed by atoms with Crippen molar-refractivity contribution in [2.75, 3.05) is 20.3 Å². The molecule has 0 saturated heterocycles. The van der Waals surface area contributed by atoms with Crippen molar-refractivity contribution in [2.24, 2.45) is 0 Å². The normalized spacial score (nSPS) is 9.75. The van der Waals surface area contributed by atoms with Crippen molar-refractivity contribution in [3.8, 4) is 5.88 Å². The second-order valence-corrected chi connectivity index (χ2v) is 2.36. The van der Waals surface area contributed by atoms with Crippen molar-refractivity contribution in [1.29, 1.82) is 0 Å². The van der Waals surface area contributed by atoms with Gasteiger partial charge in [-0.15, -0.1) is 0 Å². The van der Waals surface area contributed by atoms with Crippen molar-refractivity contribution >= 4 is 0 Å². The van der Waals surface area contributed by atoms with E-state index in [9.17, 15) is 0 Å². The third-order valence-corrected chi connectivity index (χ3v) is 1.38. The Balaban J connectivity index is 2.16. The fourth-order valence-electron chi connectivity index (χ4n) is 0.812. The van der Waals surface area contributed by atoms with Crippen molar-refractivity contribution in [1.82, 2.24) is 4.98 Å². The van der Waals surface area contributed by atoms with E-state index in [-0.39, 0.29) is 0 Å². The van der Waals surface area contributed by atoms with Gasteiger partial charge in [-0.3, -0.25) is 0 Å². The Morgan fingerprint density at radius 3 is 2.92 bits per heavy atom. The zero-order valence-electron chi connectivity index (χ0n) is 7.19. The summed E-state index contributed by atoms with van der Waals surface area (Å²) in [5.41, 5.74) is 0. The van der Waals surface area contributed by atoms with E-state index in [0.717, 1.165) is 13.0 Å². The van der Waals surface area contributed by atoms with Gasteiger partial charge in [0.2, 0.25) is 5.88 Å². The Bertz CT molecular complexity index is 201. The van der Waals surface area contributed by atoms with Gasteiger partial charge < -0.3 is 9.47 Å². The molecule has 0 amide bonds. The highest BCUT2D eigenvalue weighted by Crippen LogP contribution is 2.02. The van der Waals surface area contributed by atoms with Crippen LogP contribution in [-0.4, -0.2) is 25.3 Å². The lowest BCUT2D eigenvalue weighted by atomic mass is 10.5. The molecule has 0 N–H and O–H groups in total. The smallest absolute Gasteiger partial charge is 0.213 e. The summed E-state index contributed by atoms with van der Waals surface area (Å²) in [5.74, 6) is 0.675. The van der Waals surface area contributed by atoms with Gasteiger partial charge in [0.05, 0.1) is 6.61 Å². The first kappa shape index (κ1) is 9.00. The standard InChI is InChI=1S/C9H13NO2/c1-11-7-4-8-12-9-5-2-3-6-10-9/h2-3,5-6H,4,7-8H2,1H3. The number of rotatable bonds is 5. The van der Waals surface area contributed by atoms with Gasteiger partial charge >= 0.3 is 0 Å². The zero-order chi connectivity index (χ0) is 8.65. The predicted molar refractivity (Wildman–Crippen MR) is 46.2 cm³/mol. The first-order chi connectivity index (χ1) is 5.93. The number of nitrogens with zero attached hydrogens (tertiary/aromatic N) is 1. The zero-order valence-corrected chi connectivity index (χ0v) is 7.19. The lowest BCUT2D eigenvalue weighted by Gasteiger charge is -2.03. The summed E-state index contributed by atoms with van der Waals surface area (Å²) >= 11 is 0. The molecule has 1 aromatic heterocycles.